The fraction of sp³-hybridized carbons (Fsp3) is 0.636. The lowest BCUT2D eigenvalue weighted by atomic mass is 9.83. The molecule has 0 bridgehead atoms. The van der Waals surface area contributed by atoms with Gasteiger partial charge in [-0.15, -0.1) is 0 Å². The Balaban J connectivity index is 1.65. The number of morpholine rings is 1. The van der Waals surface area contributed by atoms with E-state index in [2.05, 4.69) is 6.92 Å². The number of ether oxygens (including phenoxy) is 3. The van der Waals surface area contributed by atoms with Gasteiger partial charge in [0, 0.05) is 18.7 Å². The number of methoxy groups -OCH3 is 1. The Kier molecular flexibility index (Phi) is 5.79. The largest absolute Gasteiger partial charge is 0.497 e. The molecule has 2 saturated heterocycles. The molecule has 1 aliphatic carbocycles. The first-order valence-electron chi connectivity index (χ1n) is 10.5. The summed E-state index contributed by atoms with van der Waals surface area (Å²) < 4.78 is 16.9. The number of hydrogen-bond donors (Lipinski definition) is 0. The number of nitrogens with zero attached hydrogens (tertiary/aromatic N) is 2. The second kappa shape index (κ2) is 8.32. The van der Waals surface area contributed by atoms with Crippen LogP contribution in [0, 0.1) is 5.92 Å². The smallest absolute Gasteiger partial charge is 0.257 e. The van der Waals surface area contributed by atoms with Gasteiger partial charge in [-0.1, -0.05) is 13.0 Å². The number of hydrogen-bond acceptors (Lipinski definition) is 5. The van der Waals surface area contributed by atoms with Gasteiger partial charge in [-0.2, -0.15) is 0 Å². The fourth-order valence-electron chi connectivity index (χ4n) is 4.66. The normalized spacial score (nSPS) is 29.9. The van der Waals surface area contributed by atoms with Gasteiger partial charge in [0.15, 0.2) is 0 Å². The second-order valence-electron chi connectivity index (χ2n) is 8.30. The van der Waals surface area contributed by atoms with Crippen molar-refractivity contribution in [2.45, 2.75) is 44.4 Å². The van der Waals surface area contributed by atoms with Crippen LogP contribution in [0.1, 0.15) is 43.0 Å². The third kappa shape index (κ3) is 3.85. The Morgan fingerprint density at radius 2 is 1.90 bits per heavy atom. The van der Waals surface area contributed by atoms with Gasteiger partial charge in [0.2, 0.25) is 5.91 Å². The van der Waals surface area contributed by atoms with Gasteiger partial charge in [0.1, 0.15) is 17.5 Å². The summed E-state index contributed by atoms with van der Waals surface area (Å²) in [5, 5.41) is 0. The molecule has 1 atom stereocenters. The lowest BCUT2D eigenvalue weighted by molar-refractivity contribution is -0.141. The number of amides is 2. The first-order chi connectivity index (χ1) is 14.0. The lowest BCUT2D eigenvalue weighted by Gasteiger charge is -2.43. The maximum Gasteiger partial charge on any atom is 0.257 e. The van der Waals surface area contributed by atoms with Crippen LogP contribution < -0.4 is 4.74 Å². The van der Waals surface area contributed by atoms with E-state index in [1.54, 1.807) is 35.1 Å². The highest BCUT2D eigenvalue weighted by molar-refractivity contribution is 5.98. The van der Waals surface area contributed by atoms with Crippen molar-refractivity contribution in [2.75, 3.05) is 40.0 Å². The molecule has 7 nitrogen and oxygen atoms in total. The van der Waals surface area contributed by atoms with Crippen molar-refractivity contribution in [1.29, 1.82) is 0 Å². The Morgan fingerprint density at radius 1 is 1.17 bits per heavy atom. The number of carbonyl (C=O) groups excluding carboxylic acids is 2. The van der Waals surface area contributed by atoms with E-state index >= 15 is 0 Å². The van der Waals surface area contributed by atoms with E-state index in [9.17, 15) is 9.59 Å². The molecule has 2 heterocycles. The van der Waals surface area contributed by atoms with E-state index in [4.69, 9.17) is 14.2 Å². The molecular formula is C22H30N2O5. The van der Waals surface area contributed by atoms with Crippen LogP contribution in [0.5, 0.6) is 5.75 Å². The van der Waals surface area contributed by atoms with E-state index in [0.717, 1.165) is 25.7 Å². The summed E-state index contributed by atoms with van der Waals surface area (Å²) in [6, 6.07) is 6.53. The molecule has 158 valence electrons. The van der Waals surface area contributed by atoms with Gasteiger partial charge in [0.25, 0.3) is 5.91 Å². The van der Waals surface area contributed by atoms with Crippen LogP contribution in [0.4, 0.5) is 0 Å². The number of benzene rings is 1. The molecule has 0 radical (unpaired) electrons. The molecule has 0 aromatic heterocycles. The quantitative estimate of drug-likeness (QED) is 0.776. The van der Waals surface area contributed by atoms with E-state index in [0.29, 0.717) is 43.5 Å². The molecule has 7 heteroatoms. The third-order valence-corrected chi connectivity index (χ3v) is 6.46. The minimum absolute atomic E-state index is 0.0416. The fourth-order valence-corrected chi connectivity index (χ4v) is 4.66. The summed E-state index contributed by atoms with van der Waals surface area (Å²) in [5.74, 6) is 1.02. The molecule has 3 fully saturated rings. The predicted octanol–water partition coefficient (Wildman–Crippen LogP) is 2.30. The number of rotatable bonds is 3. The Bertz CT molecular complexity index is 753. The van der Waals surface area contributed by atoms with Crippen LogP contribution in [0.25, 0.3) is 0 Å². The van der Waals surface area contributed by atoms with Crippen LogP contribution in [0.15, 0.2) is 24.3 Å². The maximum absolute atomic E-state index is 13.7. The van der Waals surface area contributed by atoms with Crippen LogP contribution >= 0.6 is 0 Å². The summed E-state index contributed by atoms with van der Waals surface area (Å²) in [6.45, 7) is 4.66. The monoisotopic (exact) mass is 402 g/mol. The van der Waals surface area contributed by atoms with Crippen molar-refractivity contribution in [2.24, 2.45) is 5.92 Å². The zero-order valence-electron chi connectivity index (χ0n) is 17.3. The lowest BCUT2D eigenvalue weighted by Crippen LogP contribution is -2.58. The van der Waals surface area contributed by atoms with Gasteiger partial charge < -0.3 is 19.1 Å². The van der Waals surface area contributed by atoms with Gasteiger partial charge in [-0.05, 0) is 49.8 Å². The Hall–Kier alpha value is -2.12. The topological polar surface area (TPSA) is 68.3 Å². The maximum atomic E-state index is 13.7. The molecule has 1 aromatic rings. The molecule has 1 saturated carbocycles. The molecule has 2 amide bonds. The van der Waals surface area contributed by atoms with Gasteiger partial charge in [0.05, 0.1) is 26.9 Å². The molecule has 1 spiro atoms. The zero-order valence-corrected chi connectivity index (χ0v) is 17.3. The predicted molar refractivity (Wildman–Crippen MR) is 107 cm³/mol. The molecule has 29 heavy (non-hydrogen) atoms. The van der Waals surface area contributed by atoms with E-state index in [1.165, 1.54) is 0 Å². The summed E-state index contributed by atoms with van der Waals surface area (Å²) in [6.07, 6.45) is 3.49. The highest BCUT2D eigenvalue weighted by Gasteiger charge is 2.54. The van der Waals surface area contributed by atoms with Crippen LogP contribution in [-0.2, 0) is 14.3 Å². The van der Waals surface area contributed by atoms with E-state index in [-0.39, 0.29) is 18.4 Å². The van der Waals surface area contributed by atoms with Crippen molar-refractivity contribution >= 4 is 11.8 Å². The van der Waals surface area contributed by atoms with Crippen LogP contribution in [0.2, 0.25) is 0 Å². The molecule has 4 rings (SSSR count). The van der Waals surface area contributed by atoms with Crippen molar-refractivity contribution in [1.82, 2.24) is 9.80 Å². The summed E-state index contributed by atoms with van der Waals surface area (Å²) in [7, 11) is 1.58. The Morgan fingerprint density at radius 3 is 2.59 bits per heavy atom. The molecule has 3 aliphatic rings. The van der Waals surface area contributed by atoms with Crippen molar-refractivity contribution in [3.8, 4) is 5.75 Å². The highest BCUT2D eigenvalue weighted by atomic mass is 16.5. The standard InChI is InChI=1S/C22H30N2O5/c1-16-6-8-22(9-7-16)24(20(25)17-4-3-5-18(14-17)27-2)19(15-29-22)21(26)23-10-12-28-13-11-23/h3-5,14,16,19H,6-13,15H2,1-2H3/t16?,19-,22?/m1/s1. The minimum atomic E-state index is -0.695. The first-order valence-corrected chi connectivity index (χ1v) is 10.5. The second-order valence-corrected chi connectivity index (χ2v) is 8.30. The van der Waals surface area contributed by atoms with Crippen molar-refractivity contribution in [3.63, 3.8) is 0 Å². The summed E-state index contributed by atoms with van der Waals surface area (Å²) >= 11 is 0. The van der Waals surface area contributed by atoms with Gasteiger partial charge in [-0.25, -0.2) is 0 Å². The van der Waals surface area contributed by atoms with Gasteiger partial charge >= 0.3 is 0 Å². The van der Waals surface area contributed by atoms with Crippen LogP contribution in [0.3, 0.4) is 0 Å². The first kappa shape index (κ1) is 20.2. The average Bonchev–Trinajstić information content (AvgIpc) is 3.14. The van der Waals surface area contributed by atoms with E-state index in [1.807, 2.05) is 6.07 Å². The zero-order chi connectivity index (χ0) is 20.4. The SMILES string of the molecule is COc1cccc(C(=O)N2[C@@H](C(=O)N3CCOCC3)COC23CCC(C)CC3)c1. The van der Waals surface area contributed by atoms with Crippen LogP contribution in [-0.4, -0.2) is 73.4 Å². The minimum Gasteiger partial charge on any atom is -0.497 e. The Labute approximate surface area is 171 Å². The third-order valence-electron chi connectivity index (χ3n) is 6.46. The molecule has 0 unspecified atom stereocenters. The summed E-state index contributed by atoms with van der Waals surface area (Å²) in [5.41, 5.74) is -0.174. The molecule has 1 aromatic carbocycles. The van der Waals surface area contributed by atoms with Crippen molar-refractivity contribution in [3.05, 3.63) is 29.8 Å². The van der Waals surface area contributed by atoms with Crippen molar-refractivity contribution < 1.29 is 23.8 Å². The molecule has 0 N–H and O–H groups in total. The van der Waals surface area contributed by atoms with Gasteiger partial charge in [-0.3, -0.25) is 14.5 Å². The summed E-state index contributed by atoms with van der Waals surface area (Å²) in [4.78, 5) is 30.5. The molecule has 2 aliphatic heterocycles. The van der Waals surface area contributed by atoms with E-state index < -0.39 is 11.8 Å². The highest BCUT2D eigenvalue weighted by Crippen LogP contribution is 2.43. The average molecular weight is 402 g/mol. The number of carbonyl (C=O) groups is 2. The molecular weight excluding hydrogens is 372 g/mol.